The molecule has 0 atom stereocenters. The monoisotopic (exact) mass is 435 g/mol. The molecule has 3 aromatic rings. The normalized spacial score (nSPS) is 10.8. The van der Waals surface area contributed by atoms with Gasteiger partial charge in [0.25, 0.3) is 0 Å². The van der Waals surface area contributed by atoms with Gasteiger partial charge in [0.2, 0.25) is 0 Å². The van der Waals surface area contributed by atoms with Gasteiger partial charge in [0.05, 0.1) is 0 Å². The predicted octanol–water partition coefficient (Wildman–Crippen LogP) is 8.60. The lowest BCUT2D eigenvalue weighted by molar-refractivity contribution is 0.795. The Labute approximate surface area is 178 Å². The zero-order valence-electron chi connectivity index (χ0n) is 17.0. The van der Waals surface area contributed by atoms with Crippen molar-refractivity contribution in [2.24, 2.45) is 0 Å². The standard InChI is InChI=1S/C26H30BrN/c1-3-5-7-21-9-15-24(16-10-21)28(26-19-13-23(27)14-20-26)25-17-11-22(12-18-25)8-6-4-2/h9-20H,3-8H2,1-2H3. The lowest BCUT2D eigenvalue weighted by Gasteiger charge is -2.26. The van der Waals surface area contributed by atoms with Crippen LogP contribution in [-0.4, -0.2) is 0 Å². The van der Waals surface area contributed by atoms with Gasteiger partial charge in [-0.15, -0.1) is 0 Å². The summed E-state index contributed by atoms with van der Waals surface area (Å²) < 4.78 is 1.10. The topological polar surface area (TPSA) is 3.24 Å². The first-order chi connectivity index (χ1) is 13.7. The van der Waals surface area contributed by atoms with Crippen LogP contribution in [0.1, 0.15) is 50.7 Å². The summed E-state index contributed by atoms with van der Waals surface area (Å²) in [7, 11) is 0. The average Bonchev–Trinajstić information content (AvgIpc) is 2.74. The fourth-order valence-electron chi connectivity index (χ4n) is 3.42. The maximum atomic E-state index is 3.56. The van der Waals surface area contributed by atoms with E-state index in [0.29, 0.717) is 0 Å². The molecule has 0 aliphatic rings. The van der Waals surface area contributed by atoms with Gasteiger partial charge in [0.1, 0.15) is 0 Å². The summed E-state index contributed by atoms with van der Waals surface area (Å²) in [4.78, 5) is 2.33. The summed E-state index contributed by atoms with van der Waals surface area (Å²) in [5.74, 6) is 0. The average molecular weight is 436 g/mol. The molecule has 0 fully saturated rings. The van der Waals surface area contributed by atoms with Gasteiger partial charge in [-0.25, -0.2) is 0 Å². The van der Waals surface area contributed by atoms with Crippen LogP contribution in [0.2, 0.25) is 0 Å². The van der Waals surface area contributed by atoms with Gasteiger partial charge in [-0.1, -0.05) is 66.9 Å². The Kier molecular flexibility index (Phi) is 7.73. The van der Waals surface area contributed by atoms with Crippen LogP contribution in [0.5, 0.6) is 0 Å². The Balaban J connectivity index is 1.92. The van der Waals surface area contributed by atoms with Crippen LogP contribution >= 0.6 is 15.9 Å². The Morgan fingerprint density at radius 3 is 1.29 bits per heavy atom. The number of nitrogens with zero attached hydrogens (tertiary/aromatic N) is 1. The van der Waals surface area contributed by atoms with Crippen LogP contribution in [0.3, 0.4) is 0 Å². The van der Waals surface area contributed by atoms with Crippen LogP contribution in [0.4, 0.5) is 17.1 Å². The molecule has 0 saturated carbocycles. The molecule has 0 amide bonds. The zero-order valence-corrected chi connectivity index (χ0v) is 18.6. The molecule has 0 aromatic heterocycles. The highest BCUT2D eigenvalue weighted by Crippen LogP contribution is 2.35. The van der Waals surface area contributed by atoms with Gasteiger partial charge in [-0.3, -0.25) is 0 Å². The summed E-state index contributed by atoms with van der Waals surface area (Å²) >= 11 is 3.56. The molecule has 0 heterocycles. The van der Waals surface area contributed by atoms with Crippen molar-refractivity contribution in [3.05, 3.63) is 88.4 Å². The first-order valence-electron chi connectivity index (χ1n) is 10.4. The Morgan fingerprint density at radius 1 is 0.571 bits per heavy atom. The minimum Gasteiger partial charge on any atom is -0.311 e. The largest absolute Gasteiger partial charge is 0.311 e. The Morgan fingerprint density at radius 2 is 0.929 bits per heavy atom. The number of aryl methyl sites for hydroxylation is 2. The van der Waals surface area contributed by atoms with Crippen LogP contribution in [0, 0.1) is 0 Å². The van der Waals surface area contributed by atoms with E-state index in [0.717, 1.165) is 17.3 Å². The number of rotatable bonds is 9. The third kappa shape index (κ3) is 5.48. The van der Waals surface area contributed by atoms with Gasteiger partial charge >= 0.3 is 0 Å². The predicted molar refractivity (Wildman–Crippen MR) is 126 cm³/mol. The summed E-state index contributed by atoms with van der Waals surface area (Å²) in [5.41, 5.74) is 6.39. The molecule has 0 spiro atoms. The molecular weight excluding hydrogens is 406 g/mol. The van der Waals surface area contributed by atoms with Gasteiger partial charge in [-0.2, -0.15) is 0 Å². The van der Waals surface area contributed by atoms with Crippen molar-refractivity contribution in [1.29, 1.82) is 0 Å². The number of benzene rings is 3. The van der Waals surface area contributed by atoms with Crippen molar-refractivity contribution < 1.29 is 0 Å². The van der Waals surface area contributed by atoms with E-state index in [9.17, 15) is 0 Å². The van der Waals surface area contributed by atoms with Crippen molar-refractivity contribution in [3.63, 3.8) is 0 Å². The highest BCUT2D eigenvalue weighted by atomic mass is 79.9. The second-order valence-electron chi connectivity index (χ2n) is 7.35. The number of anilines is 3. The molecule has 0 bridgehead atoms. The van der Waals surface area contributed by atoms with Crippen LogP contribution in [-0.2, 0) is 12.8 Å². The van der Waals surface area contributed by atoms with Crippen molar-refractivity contribution in [2.75, 3.05) is 4.90 Å². The minimum atomic E-state index is 1.10. The third-order valence-electron chi connectivity index (χ3n) is 5.11. The molecule has 1 nitrogen and oxygen atoms in total. The van der Waals surface area contributed by atoms with E-state index in [-0.39, 0.29) is 0 Å². The maximum Gasteiger partial charge on any atom is 0.0462 e. The second kappa shape index (κ2) is 10.5. The second-order valence-corrected chi connectivity index (χ2v) is 8.27. The van der Waals surface area contributed by atoms with E-state index in [1.54, 1.807) is 0 Å². The van der Waals surface area contributed by atoms with Gasteiger partial charge < -0.3 is 4.90 Å². The smallest absolute Gasteiger partial charge is 0.0462 e. The Hall–Kier alpha value is -2.06. The molecule has 28 heavy (non-hydrogen) atoms. The van der Waals surface area contributed by atoms with E-state index in [2.05, 4.69) is 107 Å². The molecule has 0 N–H and O–H groups in total. The fourth-order valence-corrected chi connectivity index (χ4v) is 3.69. The first-order valence-corrected chi connectivity index (χ1v) is 11.2. The van der Waals surface area contributed by atoms with Crippen LogP contribution in [0.15, 0.2) is 77.3 Å². The lowest BCUT2D eigenvalue weighted by Crippen LogP contribution is -2.10. The molecule has 0 aliphatic heterocycles. The molecule has 3 aromatic carbocycles. The number of hydrogen-bond acceptors (Lipinski definition) is 1. The molecule has 0 saturated heterocycles. The highest BCUT2D eigenvalue weighted by molar-refractivity contribution is 9.10. The van der Waals surface area contributed by atoms with Gasteiger partial charge in [-0.05, 0) is 85.3 Å². The zero-order chi connectivity index (χ0) is 19.8. The van der Waals surface area contributed by atoms with Gasteiger partial charge in [0.15, 0.2) is 0 Å². The molecule has 3 rings (SSSR count). The van der Waals surface area contributed by atoms with Gasteiger partial charge in [0, 0.05) is 21.5 Å². The van der Waals surface area contributed by atoms with E-state index in [4.69, 9.17) is 0 Å². The van der Waals surface area contributed by atoms with E-state index in [1.807, 2.05) is 0 Å². The number of unbranched alkanes of at least 4 members (excludes halogenated alkanes) is 2. The lowest BCUT2D eigenvalue weighted by atomic mass is 10.1. The van der Waals surface area contributed by atoms with Crippen molar-refractivity contribution in [1.82, 2.24) is 0 Å². The summed E-state index contributed by atoms with van der Waals surface area (Å²) in [6.07, 6.45) is 7.26. The van der Waals surface area contributed by atoms with Crippen molar-refractivity contribution >= 4 is 33.0 Å². The highest BCUT2D eigenvalue weighted by Gasteiger charge is 2.12. The molecule has 0 radical (unpaired) electrons. The van der Waals surface area contributed by atoms with E-state index >= 15 is 0 Å². The molecule has 0 aliphatic carbocycles. The quantitative estimate of drug-likeness (QED) is 0.325. The number of hydrogen-bond donors (Lipinski definition) is 0. The first kappa shape index (κ1) is 20.7. The molecular formula is C26H30BrN. The molecule has 0 unspecified atom stereocenters. The maximum absolute atomic E-state index is 3.56. The molecule has 2 heteroatoms. The van der Waals surface area contributed by atoms with Crippen molar-refractivity contribution in [2.45, 2.75) is 52.4 Å². The summed E-state index contributed by atoms with van der Waals surface area (Å²) in [6.45, 7) is 4.49. The number of halogens is 1. The summed E-state index contributed by atoms with van der Waals surface area (Å²) in [5, 5.41) is 0. The Bertz CT molecular complexity index is 784. The summed E-state index contributed by atoms with van der Waals surface area (Å²) in [6, 6.07) is 26.6. The minimum absolute atomic E-state index is 1.10. The SMILES string of the molecule is CCCCc1ccc(N(c2ccc(Br)cc2)c2ccc(CCCC)cc2)cc1. The third-order valence-corrected chi connectivity index (χ3v) is 5.64. The van der Waals surface area contributed by atoms with Crippen molar-refractivity contribution in [3.8, 4) is 0 Å². The fraction of sp³-hybridized carbons (Fsp3) is 0.308. The van der Waals surface area contributed by atoms with E-state index in [1.165, 1.54) is 53.9 Å². The van der Waals surface area contributed by atoms with Crippen LogP contribution < -0.4 is 4.90 Å². The molecule has 146 valence electrons. The van der Waals surface area contributed by atoms with Crippen LogP contribution in [0.25, 0.3) is 0 Å². The van der Waals surface area contributed by atoms with E-state index < -0.39 is 0 Å².